The first-order chi connectivity index (χ1) is 13.0. The largest absolute Gasteiger partial charge is 0.493 e. The number of amides is 1. The minimum Gasteiger partial charge on any atom is -0.493 e. The van der Waals surface area contributed by atoms with E-state index in [9.17, 15) is 9.59 Å². The summed E-state index contributed by atoms with van der Waals surface area (Å²) in [6.07, 6.45) is 0. The van der Waals surface area contributed by atoms with Crippen molar-refractivity contribution in [3.8, 4) is 11.5 Å². The molecule has 0 bridgehead atoms. The summed E-state index contributed by atoms with van der Waals surface area (Å²) in [6.45, 7) is 6.10. The summed E-state index contributed by atoms with van der Waals surface area (Å²) in [4.78, 5) is 31.2. The van der Waals surface area contributed by atoms with Gasteiger partial charge in [-0.05, 0) is 38.5 Å². The number of benzene rings is 1. The molecule has 7 nitrogen and oxygen atoms in total. The highest BCUT2D eigenvalue weighted by atomic mass is 32.2. The predicted octanol–water partition coefficient (Wildman–Crippen LogP) is 2.92. The first kappa shape index (κ1) is 19.3. The van der Waals surface area contributed by atoms with Crippen LogP contribution in [0.3, 0.4) is 0 Å². The molecule has 1 saturated heterocycles. The maximum atomic E-state index is 12.7. The number of methoxy groups -OCH3 is 1. The molecule has 0 spiro atoms. The van der Waals surface area contributed by atoms with Crippen LogP contribution in [0.1, 0.15) is 32.4 Å². The lowest BCUT2D eigenvalue weighted by atomic mass is 9.94. The number of nitrogens with zero attached hydrogens (tertiary/aromatic N) is 2. The minimum absolute atomic E-state index is 0.0909. The number of ether oxygens (including phenoxy) is 3. The summed E-state index contributed by atoms with van der Waals surface area (Å²) >= 11 is 1.37. The maximum Gasteiger partial charge on any atom is 0.338 e. The van der Waals surface area contributed by atoms with Crippen LogP contribution >= 0.6 is 11.8 Å². The SMILES string of the molecule is CCOC(=O)C1=C(C)N=C2SCC(=O)N2[C@H]1c1ccc(OC)c(OCC)c1. The van der Waals surface area contributed by atoms with Gasteiger partial charge < -0.3 is 14.2 Å². The third-order valence-electron chi connectivity index (χ3n) is 4.28. The monoisotopic (exact) mass is 390 g/mol. The summed E-state index contributed by atoms with van der Waals surface area (Å²) in [5, 5.41) is 0.601. The Kier molecular flexibility index (Phi) is 5.74. The topological polar surface area (TPSA) is 77.4 Å². The molecule has 1 aromatic carbocycles. The molecule has 27 heavy (non-hydrogen) atoms. The van der Waals surface area contributed by atoms with Crippen LogP contribution in [0.2, 0.25) is 0 Å². The predicted molar refractivity (Wildman–Crippen MR) is 103 cm³/mol. The van der Waals surface area contributed by atoms with Gasteiger partial charge in [0.05, 0.1) is 43.4 Å². The number of rotatable bonds is 6. The molecule has 2 aliphatic heterocycles. The second kappa shape index (κ2) is 8.04. The van der Waals surface area contributed by atoms with E-state index in [1.165, 1.54) is 11.8 Å². The van der Waals surface area contributed by atoms with E-state index in [-0.39, 0.29) is 12.5 Å². The van der Waals surface area contributed by atoms with Gasteiger partial charge in [-0.15, -0.1) is 0 Å². The number of hydrogen-bond acceptors (Lipinski definition) is 7. The molecule has 0 aliphatic carbocycles. The number of carbonyl (C=O) groups is 2. The molecule has 0 aromatic heterocycles. The van der Waals surface area contributed by atoms with Crippen molar-refractivity contribution in [3.05, 3.63) is 35.0 Å². The zero-order valence-electron chi connectivity index (χ0n) is 15.8. The van der Waals surface area contributed by atoms with E-state index in [2.05, 4.69) is 4.99 Å². The Bertz CT molecular complexity index is 833. The highest BCUT2D eigenvalue weighted by molar-refractivity contribution is 8.15. The van der Waals surface area contributed by atoms with Crippen LogP contribution in [0.4, 0.5) is 0 Å². The summed E-state index contributed by atoms with van der Waals surface area (Å²) in [6, 6.07) is 4.80. The first-order valence-corrected chi connectivity index (χ1v) is 9.72. The Balaban J connectivity index is 2.14. The summed E-state index contributed by atoms with van der Waals surface area (Å²) in [5.41, 5.74) is 1.66. The number of esters is 1. The highest BCUT2D eigenvalue weighted by Gasteiger charge is 2.43. The van der Waals surface area contributed by atoms with Crippen LogP contribution in [-0.4, -0.2) is 48.0 Å². The molecule has 8 heteroatoms. The number of allylic oxidation sites excluding steroid dienone is 1. The number of amidine groups is 1. The molecule has 144 valence electrons. The van der Waals surface area contributed by atoms with Gasteiger partial charge in [0.15, 0.2) is 16.7 Å². The van der Waals surface area contributed by atoms with Gasteiger partial charge in [0.25, 0.3) is 0 Å². The van der Waals surface area contributed by atoms with Crippen LogP contribution in [0.5, 0.6) is 11.5 Å². The van der Waals surface area contributed by atoms with Gasteiger partial charge in [0.2, 0.25) is 5.91 Å². The normalized spacial score (nSPS) is 19.0. The molecule has 0 radical (unpaired) electrons. The van der Waals surface area contributed by atoms with E-state index in [4.69, 9.17) is 14.2 Å². The molecule has 0 N–H and O–H groups in total. The van der Waals surface area contributed by atoms with E-state index >= 15 is 0 Å². The van der Waals surface area contributed by atoms with Crippen molar-refractivity contribution < 1.29 is 23.8 Å². The van der Waals surface area contributed by atoms with Crippen molar-refractivity contribution in [3.63, 3.8) is 0 Å². The molecule has 2 aliphatic rings. The van der Waals surface area contributed by atoms with Crippen LogP contribution in [-0.2, 0) is 14.3 Å². The molecule has 1 aromatic rings. The molecule has 2 heterocycles. The average Bonchev–Trinajstić information content (AvgIpc) is 3.01. The van der Waals surface area contributed by atoms with Gasteiger partial charge in [-0.2, -0.15) is 0 Å². The van der Waals surface area contributed by atoms with Gasteiger partial charge in [0, 0.05) is 0 Å². The van der Waals surface area contributed by atoms with Crippen LogP contribution in [0.25, 0.3) is 0 Å². The fraction of sp³-hybridized carbons (Fsp3) is 0.421. The van der Waals surface area contributed by atoms with Gasteiger partial charge in [-0.25, -0.2) is 9.79 Å². The fourth-order valence-electron chi connectivity index (χ4n) is 3.16. The van der Waals surface area contributed by atoms with Crippen molar-refractivity contribution in [2.24, 2.45) is 4.99 Å². The first-order valence-electron chi connectivity index (χ1n) is 8.73. The zero-order chi connectivity index (χ0) is 19.6. The van der Waals surface area contributed by atoms with Crippen molar-refractivity contribution in [1.82, 2.24) is 4.90 Å². The smallest absolute Gasteiger partial charge is 0.338 e. The van der Waals surface area contributed by atoms with Gasteiger partial charge in [0.1, 0.15) is 0 Å². The third-order valence-corrected chi connectivity index (χ3v) is 5.22. The lowest BCUT2D eigenvalue weighted by Crippen LogP contribution is -2.39. The van der Waals surface area contributed by atoms with E-state index in [1.54, 1.807) is 38.0 Å². The quantitative estimate of drug-likeness (QED) is 0.695. The molecule has 1 amide bonds. The molecular weight excluding hydrogens is 368 g/mol. The van der Waals surface area contributed by atoms with Crippen molar-refractivity contribution >= 4 is 28.8 Å². The van der Waals surface area contributed by atoms with E-state index in [0.717, 1.165) is 5.56 Å². The Morgan fingerprint density at radius 3 is 2.74 bits per heavy atom. The van der Waals surface area contributed by atoms with E-state index in [1.807, 2.05) is 13.0 Å². The number of thioether (sulfide) groups is 1. The number of aliphatic imine (C=N–C) groups is 1. The minimum atomic E-state index is -0.607. The highest BCUT2D eigenvalue weighted by Crippen LogP contribution is 2.43. The molecule has 1 fully saturated rings. The second-order valence-electron chi connectivity index (χ2n) is 5.91. The third kappa shape index (κ3) is 3.53. The Morgan fingerprint density at radius 2 is 2.07 bits per heavy atom. The number of fused-ring (bicyclic) bond motifs is 1. The summed E-state index contributed by atoms with van der Waals surface area (Å²) < 4.78 is 16.3. The Hall–Kier alpha value is -2.48. The van der Waals surface area contributed by atoms with Gasteiger partial charge in [-0.1, -0.05) is 17.8 Å². The van der Waals surface area contributed by atoms with Crippen LogP contribution in [0.15, 0.2) is 34.5 Å². The van der Waals surface area contributed by atoms with E-state index in [0.29, 0.717) is 40.3 Å². The molecule has 1 atom stereocenters. The summed E-state index contributed by atoms with van der Waals surface area (Å²) in [5.74, 6) is 0.883. The zero-order valence-corrected chi connectivity index (χ0v) is 16.6. The van der Waals surface area contributed by atoms with Crippen molar-refractivity contribution in [1.29, 1.82) is 0 Å². The average molecular weight is 390 g/mol. The standard InChI is InChI=1S/C19H22N2O5S/c1-5-25-14-9-12(7-8-13(14)24-4)17-16(18(23)26-6-2)11(3)20-19-21(17)15(22)10-27-19/h7-9,17H,5-6,10H2,1-4H3/t17-/m0/s1. The number of hydrogen-bond donors (Lipinski definition) is 0. The molecule has 3 rings (SSSR count). The fourth-order valence-corrected chi connectivity index (χ4v) is 4.10. The van der Waals surface area contributed by atoms with Crippen molar-refractivity contribution in [2.75, 3.05) is 26.1 Å². The lowest BCUT2D eigenvalue weighted by molar-refractivity contribution is -0.139. The molecular formula is C19H22N2O5S. The van der Waals surface area contributed by atoms with Crippen molar-refractivity contribution in [2.45, 2.75) is 26.8 Å². The molecule has 0 unspecified atom stereocenters. The Morgan fingerprint density at radius 1 is 1.30 bits per heavy atom. The second-order valence-corrected chi connectivity index (χ2v) is 6.85. The van der Waals surface area contributed by atoms with Crippen LogP contribution in [0, 0.1) is 0 Å². The molecule has 0 saturated carbocycles. The lowest BCUT2D eigenvalue weighted by Gasteiger charge is -2.33. The summed E-state index contributed by atoms with van der Waals surface area (Å²) in [7, 11) is 1.57. The van der Waals surface area contributed by atoms with E-state index < -0.39 is 12.0 Å². The van der Waals surface area contributed by atoms with Gasteiger partial charge in [-0.3, -0.25) is 9.69 Å². The maximum absolute atomic E-state index is 12.7. The van der Waals surface area contributed by atoms with Crippen LogP contribution < -0.4 is 9.47 Å². The number of carbonyl (C=O) groups excluding carboxylic acids is 2. The van der Waals surface area contributed by atoms with Gasteiger partial charge >= 0.3 is 5.97 Å². The Labute approximate surface area is 162 Å².